The highest BCUT2D eigenvalue weighted by atomic mass is 127. The first kappa shape index (κ1) is 22.1. The number of nitrogen functional groups attached to an aromatic ring is 1. The molecule has 0 unspecified atom stereocenters. The molecule has 0 aromatic heterocycles. The van der Waals surface area contributed by atoms with E-state index in [0.29, 0.717) is 23.6 Å². The van der Waals surface area contributed by atoms with Gasteiger partial charge in [0.15, 0.2) is 5.11 Å². The Labute approximate surface area is 184 Å². The number of nitrogens with two attached hydrogens (primary N) is 1. The van der Waals surface area contributed by atoms with E-state index in [-0.39, 0.29) is 11.7 Å². The fraction of sp³-hybridized carbons (Fsp3) is 0.250. The molecule has 0 atom stereocenters. The van der Waals surface area contributed by atoms with Crippen molar-refractivity contribution in [1.82, 2.24) is 10.6 Å². The van der Waals surface area contributed by atoms with Gasteiger partial charge in [-0.25, -0.2) is 0 Å². The van der Waals surface area contributed by atoms with E-state index < -0.39 is 0 Å². The van der Waals surface area contributed by atoms with Gasteiger partial charge in [-0.3, -0.25) is 10.2 Å². The van der Waals surface area contributed by atoms with Gasteiger partial charge in [-0.2, -0.15) is 0 Å². The molecule has 0 radical (unpaired) electrons. The number of thiocarbonyl (C=S) groups is 1. The van der Waals surface area contributed by atoms with Crippen LogP contribution in [0.25, 0.3) is 0 Å². The van der Waals surface area contributed by atoms with Crippen LogP contribution in [0, 0.1) is 8.98 Å². The Balaban J connectivity index is 1.57. The van der Waals surface area contributed by atoms with E-state index in [4.69, 9.17) is 23.4 Å². The second-order valence-electron chi connectivity index (χ2n) is 6.24. The molecular formula is C20H24IN5OS. The summed E-state index contributed by atoms with van der Waals surface area (Å²) in [6.45, 7) is 1.19. The maximum Gasteiger partial charge on any atom is 0.220 e. The molecule has 0 saturated heterocycles. The molecule has 1 amide bonds. The third kappa shape index (κ3) is 8.22. The summed E-state index contributed by atoms with van der Waals surface area (Å²) in [7, 11) is 0. The second kappa shape index (κ2) is 11.6. The Kier molecular flexibility index (Phi) is 9.15. The Morgan fingerprint density at radius 2 is 1.86 bits per heavy atom. The van der Waals surface area contributed by atoms with Gasteiger partial charge in [0.05, 0.1) is 0 Å². The van der Waals surface area contributed by atoms with E-state index >= 15 is 0 Å². The van der Waals surface area contributed by atoms with Gasteiger partial charge in [-0.05, 0) is 71.4 Å². The van der Waals surface area contributed by atoms with E-state index in [1.54, 1.807) is 12.1 Å². The minimum Gasteiger partial charge on any atom is -0.384 e. The highest BCUT2D eigenvalue weighted by Gasteiger charge is 2.03. The monoisotopic (exact) mass is 509 g/mol. The van der Waals surface area contributed by atoms with Crippen LogP contribution in [0.4, 0.5) is 5.69 Å². The zero-order valence-corrected chi connectivity index (χ0v) is 18.4. The van der Waals surface area contributed by atoms with Gasteiger partial charge in [0.25, 0.3) is 0 Å². The lowest BCUT2D eigenvalue weighted by atomic mass is 10.1. The molecule has 6 nitrogen and oxygen atoms in total. The molecule has 6 N–H and O–H groups in total. The quantitative estimate of drug-likeness (QED) is 0.117. The Morgan fingerprint density at radius 3 is 2.54 bits per heavy atom. The molecule has 2 rings (SSSR count). The van der Waals surface area contributed by atoms with Gasteiger partial charge in [-0.1, -0.05) is 30.3 Å². The largest absolute Gasteiger partial charge is 0.384 e. The molecule has 0 spiro atoms. The third-order valence-corrected chi connectivity index (χ3v) is 4.87. The highest BCUT2D eigenvalue weighted by Crippen LogP contribution is 2.12. The third-order valence-electron chi connectivity index (χ3n) is 3.95. The number of benzene rings is 2. The van der Waals surface area contributed by atoms with Crippen molar-refractivity contribution in [1.29, 1.82) is 5.41 Å². The normalized spacial score (nSPS) is 10.2. The molecule has 0 heterocycles. The van der Waals surface area contributed by atoms with Crippen molar-refractivity contribution >= 4 is 57.4 Å². The molecule has 0 aliphatic rings. The van der Waals surface area contributed by atoms with Gasteiger partial charge in [-0.15, -0.1) is 0 Å². The van der Waals surface area contributed by atoms with Crippen molar-refractivity contribution in [3.63, 3.8) is 0 Å². The van der Waals surface area contributed by atoms with Crippen LogP contribution in [0.3, 0.4) is 0 Å². The molecule has 148 valence electrons. The van der Waals surface area contributed by atoms with E-state index in [1.165, 1.54) is 0 Å². The number of hydrogen-bond acceptors (Lipinski definition) is 3. The molecule has 8 heteroatoms. The number of hydrogen-bond donors (Lipinski definition) is 5. The van der Waals surface area contributed by atoms with E-state index in [0.717, 1.165) is 34.2 Å². The van der Waals surface area contributed by atoms with Crippen molar-refractivity contribution in [2.75, 3.05) is 11.9 Å². The fourth-order valence-electron chi connectivity index (χ4n) is 2.45. The van der Waals surface area contributed by atoms with E-state index in [2.05, 4.69) is 38.5 Å². The van der Waals surface area contributed by atoms with Gasteiger partial charge in [0, 0.05) is 34.3 Å². The predicted molar refractivity (Wildman–Crippen MR) is 127 cm³/mol. The summed E-state index contributed by atoms with van der Waals surface area (Å²) in [5.74, 6) is 0.0626. The second-order valence-corrected chi connectivity index (χ2v) is 7.89. The molecule has 2 aromatic carbocycles. The van der Waals surface area contributed by atoms with Crippen molar-refractivity contribution in [3.05, 3.63) is 63.2 Å². The average Bonchev–Trinajstić information content (AvgIpc) is 2.66. The Hall–Kier alpha value is -2.20. The van der Waals surface area contributed by atoms with Gasteiger partial charge >= 0.3 is 0 Å². The number of halogens is 1. The predicted octanol–water partition coefficient (Wildman–Crippen LogP) is 3.35. The smallest absolute Gasteiger partial charge is 0.220 e. The molecule has 0 fully saturated rings. The van der Waals surface area contributed by atoms with Gasteiger partial charge in [0.1, 0.15) is 5.84 Å². The van der Waals surface area contributed by atoms with Crippen molar-refractivity contribution in [2.45, 2.75) is 25.8 Å². The highest BCUT2D eigenvalue weighted by molar-refractivity contribution is 14.1. The molecule has 28 heavy (non-hydrogen) atoms. The summed E-state index contributed by atoms with van der Waals surface area (Å²) in [4.78, 5) is 11.9. The molecule has 0 bridgehead atoms. The zero-order chi connectivity index (χ0) is 20.4. The van der Waals surface area contributed by atoms with Crippen LogP contribution in [0.2, 0.25) is 0 Å². The summed E-state index contributed by atoms with van der Waals surface area (Å²) in [6.07, 6.45) is 2.12. The minimum absolute atomic E-state index is 0.0233. The maximum atomic E-state index is 11.9. The van der Waals surface area contributed by atoms with Crippen molar-refractivity contribution < 1.29 is 4.79 Å². The first-order valence-corrected chi connectivity index (χ1v) is 10.4. The Bertz CT molecular complexity index is 826. The number of anilines is 1. The van der Waals surface area contributed by atoms with Crippen LogP contribution in [0.1, 0.15) is 30.4 Å². The topological polar surface area (TPSA) is 103 Å². The number of carbonyl (C=O) groups is 1. The van der Waals surface area contributed by atoms with Crippen molar-refractivity contribution in [2.24, 2.45) is 5.73 Å². The van der Waals surface area contributed by atoms with E-state index in [1.807, 2.05) is 36.4 Å². The lowest BCUT2D eigenvalue weighted by Gasteiger charge is -2.11. The summed E-state index contributed by atoms with van der Waals surface area (Å²) in [5, 5.41) is 17.2. The van der Waals surface area contributed by atoms with Crippen LogP contribution >= 0.6 is 34.8 Å². The molecule has 0 aliphatic heterocycles. The summed E-state index contributed by atoms with van der Waals surface area (Å²) >= 11 is 7.53. The molecule has 0 saturated carbocycles. The number of rotatable bonds is 9. The molecule has 2 aromatic rings. The van der Waals surface area contributed by atoms with Crippen LogP contribution in [-0.4, -0.2) is 23.4 Å². The van der Waals surface area contributed by atoms with Crippen LogP contribution < -0.4 is 21.7 Å². The number of unbranched alkanes of at least 4 members (excludes halogenated alkanes) is 1. The van der Waals surface area contributed by atoms with Gasteiger partial charge in [0.2, 0.25) is 5.91 Å². The SMILES string of the molecule is N=C(N)c1ccc(CNC(=O)CCCCNC(=S)Nc2cccc(I)c2)cc1. The molecular weight excluding hydrogens is 485 g/mol. The number of nitrogens with one attached hydrogen (secondary N) is 4. The standard InChI is InChI=1S/C20H24IN5OS/c21-16-4-3-5-17(12-16)26-20(28)24-11-2-1-6-18(27)25-13-14-7-9-15(10-8-14)19(22)23/h3-5,7-10,12H,1-2,6,11,13H2,(H3,22,23)(H,25,27)(H2,24,26,28). The number of amidine groups is 1. The van der Waals surface area contributed by atoms with Crippen LogP contribution in [-0.2, 0) is 11.3 Å². The van der Waals surface area contributed by atoms with Crippen LogP contribution in [0.5, 0.6) is 0 Å². The maximum absolute atomic E-state index is 11.9. The lowest BCUT2D eigenvalue weighted by molar-refractivity contribution is -0.121. The first-order chi connectivity index (χ1) is 13.4. The summed E-state index contributed by atoms with van der Waals surface area (Å²) in [5.41, 5.74) is 8.04. The zero-order valence-electron chi connectivity index (χ0n) is 15.4. The summed E-state index contributed by atoms with van der Waals surface area (Å²) in [6, 6.07) is 15.3. The fourth-order valence-corrected chi connectivity index (χ4v) is 3.21. The first-order valence-electron chi connectivity index (χ1n) is 8.94. The average molecular weight is 509 g/mol. The summed E-state index contributed by atoms with van der Waals surface area (Å²) < 4.78 is 1.14. The molecule has 0 aliphatic carbocycles. The number of carbonyl (C=O) groups excluding carboxylic acids is 1. The van der Waals surface area contributed by atoms with Gasteiger partial charge < -0.3 is 21.7 Å². The van der Waals surface area contributed by atoms with E-state index in [9.17, 15) is 4.79 Å². The van der Waals surface area contributed by atoms with Crippen LogP contribution in [0.15, 0.2) is 48.5 Å². The lowest BCUT2D eigenvalue weighted by Crippen LogP contribution is -2.29. The number of amides is 1. The minimum atomic E-state index is 0.0233. The van der Waals surface area contributed by atoms with Crippen molar-refractivity contribution in [3.8, 4) is 0 Å². The Morgan fingerprint density at radius 1 is 1.11 bits per heavy atom.